The number of anilines is 1. The SMILES string of the molecule is CNCCCNC(=O)C1CCN(c2nnc(C)c3c(C)n(-c4ccc(C)cc4)nc23)CC1. The Morgan fingerprint density at radius 3 is 2.47 bits per heavy atom. The molecule has 1 saturated heterocycles. The molecule has 0 radical (unpaired) electrons. The van der Waals surface area contributed by atoms with E-state index >= 15 is 0 Å². The summed E-state index contributed by atoms with van der Waals surface area (Å²) in [5.74, 6) is 1.04. The van der Waals surface area contributed by atoms with Gasteiger partial charge in [0, 0.05) is 25.6 Å². The zero-order chi connectivity index (χ0) is 22.7. The molecule has 0 bridgehead atoms. The van der Waals surface area contributed by atoms with Crippen molar-refractivity contribution in [3.05, 3.63) is 41.2 Å². The highest BCUT2D eigenvalue weighted by Crippen LogP contribution is 2.31. The second kappa shape index (κ2) is 9.65. The second-order valence-corrected chi connectivity index (χ2v) is 8.67. The zero-order valence-electron chi connectivity index (χ0n) is 19.5. The van der Waals surface area contributed by atoms with Gasteiger partial charge < -0.3 is 15.5 Å². The van der Waals surface area contributed by atoms with Crippen molar-refractivity contribution in [2.24, 2.45) is 5.92 Å². The number of hydrogen-bond donors (Lipinski definition) is 2. The van der Waals surface area contributed by atoms with Gasteiger partial charge in [0.25, 0.3) is 0 Å². The highest BCUT2D eigenvalue weighted by atomic mass is 16.1. The molecule has 170 valence electrons. The molecule has 8 heteroatoms. The molecule has 1 amide bonds. The molecular formula is C24H33N7O. The Balaban J connectivity index is 1.53. The number of carbonyl (C=O) groups excluding carboxylic acids is 1. The van der Waals surface area contributed by atoms with Crippen LogP contribution in [0, 0.1) is 26.7 Å². The molecule has 1 aliphatic heterocycles. The summed E-state index contributed by atoms with van der Waals surface area (Å²) in [5.41, 5.74) is 5.08. The lowest BCUT2D eigenvalue weighted by Gasteiger charge is -2.32. The topological polar surface area (TPSA) is 88.0 Å². The van der Waals surface area contributed by atoms with Gasteiger partial charge in [0.15, 0.2) is 5.82 Å². The zero-order valence-corrected chi connectivity index (χ0v) is 19.5. The smallest absolute Gasteiger partial charge is 0.223 e. The van der Waals surface area contributed by atoms with Crippen molar-refractivity contribution in [3.8, 4) is 5.69 Å². The first-order valence-corrected chi connectivity index (χ1v) is 11.5. The van der Waals surface area contributed by atoms with Crippen LogP contribution in [-0.4, -0.2) is 59.1 Å². The summed E-state index contributed by atoms with van der Waals surface area (Å²) in [4.78, 5) is 14.7. The molecule has 8 nitrogen and oxygen atoms in total. The van der Waals surface area contributed by atoms with Crippen LogP contribution >= 0.6 is 0 Å². The van der Waals surface area contributed by atoms with E-state index in [4.69, 9.17) is 5.10 Å². The maximum atomic E-state index is 12.5. The number of benzene rings is 1. The van der Waals surface area contributed by atoms with Gasteiger partial charge in [-0.05, 0) is 65.8 Å². The molecule has 4 rings (SSSR count). The number of fused-ring (bicyclic) bond motifs is 1. The second-order valence-electron chi connectivity index (χ2n) is 8.67. The van der Waals surface area contributed by atoms with Crippen LogP contribution in [0.3, 0.4) is 0 Å². The van der Waals surface area contributed by atoms with E-state index in [0.29, 0.717) is 0 Å². The lowest BCUT2D eigenvalue weighted by molar-refractivity contribution is -0.125. The highest BCUT2D eigenvalue weighted by molar-refractivity contribution is 5.92. The quantitative estimate of drug-likeness (QED) is 0.555. The van der Waals surface area contributed by atoms with Crippen molar-refractivity contribution < 1.29 is 4.79 Å². The molecule has 0 spiro atoms. The Labute approximate surface area is 189 Å². The largest absolute Gasteiger partial charge is 0.356 e. The van der Waals surface area contributed by atoms with Crippen molar-refractivity contribution in [2.45, 2.75) is 40.0 Å². The molecule has 32 heavy (non-hydrogen) atoms. The van der Waals surface area contributed by atoms with Crippen LogP contribution in [0.2, 0.25) is 0 Å². The average molecular weight is 436 g/mol. The van der Waals surface area contributed by atoms with E-state index < -0.39 is 0 Å². The Kier molecular flexibility index (Phi) is 6.69. The molecule has 1 fully saturated rings. The Hall–Kier alpha value is -3.00. The summed E-state index contributed by atoms with van der Waals surface area (Å²) in [6, 6.07) is 8.37. The first-order chi connectivity index (χ1) is 15.5. The fourth-order valence-corrected chi connectivity index (χ4v) is 4.44. The molecule has 3 heterocycles. The summed E-state index contributed by atoms with van der Waals surface area (Å²) in [5, 5.41) is 21.1. The van der Waals surface area contributed by atoms with Crippen molar-refractivity contribution in [3.63, 3.8) is 0 Å². The summed E-state index contributed by atoms with van der Waals surface area (Å²) in [6.07, 6.45) is 2.57. The first kappa shape index (κ1) is 22.2. The fourth-order valence-electron chi connectivity index (χ4n) is 4.44. The van der Waals surface area contributed by atoms with Gasteiger partial charge in [0.2, 0.25) is 5.91 Å². The maximum absolute atomic E-state index is 12.5. The molecule has 3 aromatic rings. The fraction of sp³-hybridized carbons (Fsp3) is 0.500. The van der Waals surface area contributed by atoms with Crippen LogP contribution in [0.5, 0.6) is 0 Å². The van der Waals surface area contributed by atoms with Crippen LogP contribution in [0.25, 0.3) is 16.6 Å². The van der Waals surface area contributed by atoms with Gasteiger partial charge in [-0.3, -0.25) is 4.79 Å². The predicted octanol–water partition coefficient (Wildman–Crippen LogP) is 2.68. The molecule has 2 aromatic heterocycles. The summed E-state index contributed by atoms with van der Waals surface area (Å²) in [6.45, 7) is 9.33. The number of aryl methyl sites for hydroxylation is 3. The van der Waals surface area contributed by atoms with E-state index in [0.717, 1.165) is 79.2 Å². The third-order valence-electron chi connectivity index (χ3n) is 6.33. The van der Waals surface area contributed by atoms with Gasteiger partial charge in [0.1, 0.15) is 5.52 Å². The van der Waals surface area contributed by atoms with E-state index in [1.165, 1.54) is 5.56 Å². The minimum atomic E-state index is 0.0570. The number of aromatic nitrogens is 4. The number of hydrogen-bond acceptors (Lipinski definition) is 6. The van der Waals surface area contributed by atoms with Gasteiger partial charge in [-0.1, -0.05) is 17.7 Å². The number of carbonyl (C=O) groups is 1. The van der Waals surface area contributed by atoms with E-state index in [1.54, 1.807) is 0 Å². The monoisotopic (exact) mass is 435 g/mol. The molecular weight excluding hydrogens is 402 g/mol. The third-order valence-corrected chi connectivity index (χ3v) is 6.33. The van der Waals surface area contributed by atoms with Gasteiger partial charge in [-0.25, -0.2) is 4.68 Å². The minimum absolute atomic E-state index is 0.0570. The Bertz CT molecular complexity index is 1080. The van der Waals surface area contributed by atoms with E-state index in [9.17, 15) is 4.79 Å². The molecule has 0 unspecified atom stereocenters. The van der Waals surface area contributed by atoms with Gasteiger partial charge in [-0.15, -0.1) is 5.10 Å². The summed E-state index contributed by atoms with van der Waals surface area (Å²) in [7, 11) is 1.92. The normalized spacial score (nSPS) is 14.8. The molecule has 2 N–H and O–H groups in total. The Morgan fingerprint density at radius 1 is 1.06 bits per heavy atom. The van der Waals surface area contributed by atoms with Crippen LogP contribution in [-0.2, 0) is 4.79 Å². The number of piperidine rings is 1. The van der Waals surface area contributed by atoms with Gasteiger partial charge in [0.05, 0.1) is 22.5 Å². The average Bonchev–Trinajstić information content (AvgIpc) is 3.15. The van der Waals surface area contributed by atoms with E-state index in [2.05, 4.69) is 63.8 Å². The lowest BCUT2D eigenvalue weighted by atomic mass is 9.95. The van der Waals surface area contributed by atoms with Crippen LogP contribution in [0.15, 0.2) is 24.3 Å². The minimum Gasteiger partial charge on any atom is -0.356 e. The number of nitrogens with one attached hydrogen (secondary N) is 2. The molecule has 0 aliphatic carbocycles. The molecule has 1 aliphatic rings. The van der Waals surface area contributed by atoms with Gasteiger partial charge in [-0.2, -0.15) is 10.2 Å². The molecule has 0 saturated carbocycles. The van der Waals surface area contributed by atoms with E-state index in [-0.39, 0.29) is 11.8 Å². The maximum Gasteiger partial charge on any atom is 0.223 e. The van der Waals surface area contributed by atoms with Crippen molar-refractivity contribution in [1.82, 2.24) is 30.6 Å². The highest BCUT2D eigenvalue weighted by Gasteiger charge is 2.28. The summed E-state index contributed by atoms with van der Waals surface area (Å²) < 4.78 is 1.98. The van der Waals surface area contributed by atoms with E-state index in [1.807, 2.05) is 18.7 Å². The van der Waals surface area contributed by atoms with Crippen LogP contribution < -0.4 is 15.5 Å². The van der Waals surface area contributed by atoms with Gasteiger partial charge >= 0.3 is 0 Å². The lowest BCUT2D eigenvalue weighted by Crippen LogP contribution is -2.41. The molecule has 0 atom stereocenters. The number of nitrogens with zero attached hydrogens (tertiary/aromatic N) is 5. The standard InChI is InChI=1S/C24H33N7O/c1-16-6-8-20(9-7-16)31-18(3)21-17(2)27-28-23(22(21)29-31)30-14-10-19(11-15-30)24(32)26-13-5-12-25-4/h6-9,19,25H,5,10-15H2,1-4H3,(H,26,32). The van der Waals surface area contributed by atoms with Crippen molar-refractivity contribution >= 4 is 22.6 Å². The molecule has 1 aromatic carbocycles. The van der Waals surface area contributed by atoms with Crippen molar-refractivity contribution in [2.75, 3.05) is 38.1 Å². The number of rotatable bonds is 7. The number of amides is 1. The van der Waals surface area contributed by atoms with Crippen LogP contribution in [0.4, 0.5) is 5.82 Å². The first-order valence-electron chi connectivity index (χ1n) is 11.5. The summed E-state index contributed by atoms with van der Waals surface area (Å²) >= 11 is 0. The van der Waals surface area contributed by atoms with Crippen LogP contribution in [0.1, 0.15) is 36.2 Å². The Morgan fingerprint density at radius 2 is 1.78 bits per heavy atom. The third kappa shape index (κ3) is 4.46. The van der Waals surface area contributed by atoms with Crippen molar-refractivity contribution in [1.29, 1.82) is 0 Å². The predicted molar refractivity (Wildman–Crippen MR) is 127 cm³/mol.